The molecule has 21 heavy (non-hydrogen) atoms. The molecule has 0 radical (unpaired) electrons. The highest BCUT2D eigenvalue weighted by atomic mass is 32.2. The van der Waals surface area contributed by atoms with Gasteiger partial charge in [-0.2, -0.15) is 0 Å². The minimum atomic E-state index is -3.65. The quantitative estimate of drug-likeness (QED) is 0.811. The molecule has 0 aromatic carbocycles. The summed E-state index contributed by atoms with van der Waals surface area (Å²) in [4.78, 5) is 3.99. The Morgan fingerprint density at radius 1 is 1.24 bits per heavy atom. The number of hydrogen-bond acceptors (Lipinski definition) is 5. The molecule has 2 aromatic rings. The van der Waals surface area contributed by atoms with Crippen LogP contribution in [-0.2, 0) is 23.1 Å². The van der Waals surface area contributed by atoms with Gasteiger partial charge in [-0.05, 0) is 42.8 Å². The molecule has 0 fully saturated rings. The molecule has 2 aromatic heterocycles. The fraction of sp³-hybridized carbons (Fsp3) is 0.357. The second-order valence-electron chi connectivity index (χ2n) is 4.63. The average Bonchev–Trinajstić information content (AvgIpc) is 2.94. The number of sulfonamides is 1. The molecule has 0 saturated carbocycles. The van der Waals surface area contributed by atoms with Gasteiger partial charge in [0.1, 0.15) is 5.76 Å². The van der Waals surface area contributed by atoms with E-state index in [4.69, 9.17) is 4.42 Å². The molecular formula is C14H19N3O3S. The van der Waals surface area contributed by atoms with E-state index in [0.29, 0.717) is 12.3 Å². The molecule has 0 aliphatic carbocycles. The van der Waals surface area contributed by atoms with Crippen LogP contribution in [0.15, 0.2) is 40.1 Å². The van der Waals surface area contributed by atoms with Crippen molar-refractivity contribution in [1.29, 1.82) is 0 Å². The maximum absolute atomic E-state index is 12.2. The number of aromatic nitrogens is 1. The summed E-state index contributed by atoms with van der Waals surface area (Å²) in [6, 6.07) is 4.96. The summed E-state index contributed by atoms with van der Waals surface area (Å²) in [6.45, 7) is 5.37. The normalized spacial score (nSPS) is 11.7. The van der Waals surface area contributed by atoms with Gasteiger partial charge in [0.15, 0.2) is 0 Å². The maximum atomic E-state index is 12.2. The van der Waals surface area contributed by atoms with E-state index in [-0.39, 0.29) is 11.6 Å². The molecule has 2 N–H and O–H groups in total. The van der Waals surface area contributed by atoms with Crippen molar-refractivity contribution in [3.63, 3.8) is 0 Å². The average molecular weight is 309 g/mol. The zero-order chi connectivity index (χ0) is 15.3. The van der Waals surface area contributed by atoms with Crippen LogP contribution in [0.4, 0.5) is 0 Å². The summed E-state index contributed by atoms with van der Waals surface area (Å²) in [5, 5.41) is 3.01. The van der Waals surface area contributed by atoms with Crippen molar-refractivity contribution < 1.29 is 12.8 Å². The molecule has 2 rings (SSSR count). The van der Waals surface area contributed by atoms with Crippen LogP contribution < -0.4 is 10.0 Å². The second kappa shape index (κ2) is 6.84. The Kier molecular flexibility index (Phi) is 5.11. The molecule has 2 heterocycles. The number of nitrogens with one attached hydrogen (secondary N) is 2. The van der Waals surface area contributed by atoms with Crippen molar-refractivity contribution in [2.75, 3.05) is 6.54 Å². The van der Waals surface area contributed by atoms with Crippen LogP contribution in [0.2, 0.25) is 0 Å². The Balaban J connectivity index is 2.05. The van der Waals surface area contributed by atoms with Crippen LogP contribution >= 0.6 is 0 Å². The summed E-state index contributed by atoms with van der Waals surface area (Å²) in [6.07, 6.45) is 3.32. The molecule has 0 amide bonds. The lowest BCUT2D eigenvalue weighted by Crippen LogP contribution is -2.23. The highest BCUT2D eigenvalue weighted by Gasteiger charge is 2.18. The third-order valence-electron chi connectivity index (χ3n) is 3.05. The Bertz CT molecular complexity index is 695. The van der Waals surface area contributed by atoms with Crippen molar-refractivity contribution in [2.45, 2.75) is 32.0 Å². The molecule has 0 unspecified atom stereocenters. The first-order valence-electron chi connectivity index (χ1n) is 6.71. The molecule has 114 valence electrons. The Morgan fingerprint density at radius 3 is 2.76 bits per heavy atom. The van der Waals surface area contributed by atoms with E-state index in [2.05, 4.69) is 15.0 Å². The Hall–Kier alpha value is -1.70. The zero-order valence-corrected chi connectivity index (χ0v) is 12.9. The van der Waals surface area contributed by atoms with Crippen molar-refractivity contribution >= 4 is 10.0 Å². The van der Waals surface area contributed by atoms with Gasteiger partial charge in [-0.1, -0.05) is 6.92 Å². The monoisotopic (exact) mass is 309 g/mol. The number of rotatable bonds is 7. The van der Waals surface area contributed by atoms with Crippen LogP contribution in [0.5, 0.6) is 0 Å². The summed E-state index contributed by atoms with van der Waals surface area (Å²) >= 11 is 0. The molecular weight excluding hydrogens is 290 g/mol. The van der Waals surface area contributed by atoms with Crippen LogP contribution in [0, 0.1) is 6.92 Å². The van der Waals surface area contributed by atoms with E-state index in [9.17, 15) is 8.42 Å². The number of aryl methyl sites for hydroxylation is 1. The van der Waals surface area contributed by atoms with Gasteiger partial charge in [-0.15, -0.1) is 0 Å². The van der Waals surface area contributed by atoms with E-state index >= 15 is 0 Å². The molecule has 6 nitrogen and oxygen atoms in total. The second-order valence-corrected chi connectivity index (χ2v) is 6.33. The van der Waals surface area contributed by atoms with Crippen molar-refractivity contribution in [3.8, 4) is 0 Å². The van der Waals surface area contributed by atoms with Gasteiger partial charge in [-0.3, -0.25) is 4.98 Å². The van der Waals surface area contributed by atoms with Gasteiger partial charge in [0.25, 0.3) is 10.0 Å². The first-order valence-corrected chi connectivity index (χ1v) is 8.20. The first-order chi connectivity index (χ1) is 10.0. The molecule has 0 spiro atoms. The van der Waals surface area contributed by atoms with Gasteiger partial charge >= 0.3 is 0 Å². The summed E-state index contributed by atoms with van der Waals surface area (Å²) in [5.41, 5.74) is 1.82. The summed E-state index contributed by atoms with van der Waals surface area (Å²) in [7, 11) is -3.65. The fourth-order valence-corrected chi connectivity index (χ4v) is 2.72. The van der Waals surface area contributed by atoms with Crippen molar-refractivity contribution in [2.24, 2.45) is 0 Å². The Labute approximate surface area is 124 Å². The van der Waals surface area contributed by atoms with Crippen molar-refractivity contribution in [1.82, 2.24) is 15.0 Å². The minimum Gasteiger partial charge on any atom is -0.447 e. The zero-order valence-electron chi connectivity index (χ0n) is 12.1. The number of pyridine rings is 1. The topological polar surface area (TPSA) is 84.2 Å². The van der Waals surface area contributed by atoms with Crippen LogP contribution in [0.3, 0.4) is 0 Å². The fourth-order valence-electron chi connectivity index (χ4n) is 1.77. The van der Waals surface area contributed by atoms with Gasteiger partial charge in [0, 0.05) is 18.9 Å². The highest BCUT2D eigenvalue weighted by Crippen LogP contribution is 2.14. The van der Waals surface area contributed by atoms with Gasteiger partial charge < -0.3 is 9.73 Å². The molecule has 0 aliphatic rings. The summed E-state index contributed by atoms with van der Waals surface area (Å²) in [5.74, 6) is 0.592. The number of nitrogens with zero attached hydrogens (tertiary/aromatic N) is 1. The predicted molar refractivity (Wildman–Crippen MR) is 79.1 cm³/mol. The van der Waals surface area contributed by atoms with Gasteiger partial charge in [0.05, 0.1) is 6.54 Å². The highest BCUT2D eigenvalue weighted by molar-refractivity contribution is 7.89. The van der Waals surface area contributed by atoms with Gasteiger partial charge in [0.2, 0.25) is 5.09 Å². The SMILES string of the molecule is CCNCc1ccc(S(=O)(=O)NCc2cnccc2C)o1. The lowest BCUT2D eigenvalue weighted by atomic mass is 10.2. The third-order valence-corrected chi connectivity index (χ3v) is 4.32. The van der Waals surface area contributed by atoms with E-state index in [0.717, 1.165) is 17.7 Å². The minimum absolute atomic E-state index is 0.0723. The molecule has 0 atom stereocenters. The van der Waals surface area contributed by atoms with Crippen LogP contribution in [0.25, 0.3) is 0 Å². The van der Waals surface area contributed by atoms with E-state index in [1.165, 1.54) is 6.07 Å². The predicted octanol–water partition coefficient (Wildman–Crippen LogP) is 1.57. The van der Waals surface area contributed by atoms with E-state index in [1.807, 2.05) is 19.9 Å². The smallest absolute Gasteiger partial charge is 0.274 e. The lowest BCUT2D eigenvalue weighted by molar-refractivity contribution is 0.401. The van der Waals surface area contributed by atoms with E-state index < -0.39 is 10.0 Å². The Morgan fingerprint density at radius 2 is 2.05 bits per heavy atom. The molecule has 0 aliphatic heterocycles. The molecule has 7 heteroatoms. The van der Waals surface area contributed by atoms with Crippen LogP contribution in [0.1, 0.15) is 23.8 Å². The largest absolute Gasteiger partial charge is 0.447 e. The van der Waals surface area contributed by atoms with Gasteiger partial charge in [-0.25, -0.2) is 13.1 Å². The number of furan rings is 1. The van der Waals surface area contributed by atoms with Crippen LogP contribution in [-0.4, -0.2) is 19.9 Å². The van der Waals surface area contributed by atoms with Crippen molar-refractivity contribution in [3.05, 3.63) is 47.5 Å². The first kappa shape index (κ1) is 15.7. The lowest BCUT2D eigenvalue weighted by Gasteiger charge is -2.06. The summed E-state index contributed by atoms with van der Waals surface area (Å²) < 4.78 is 32.2. The van der Waals surface area contributed by atoms with E-state index in [1.54, 1.807) is 18.5 Å². The standard InChI is InChI=1S/C14H19N3O3S/c1-3-15-10-13-4-5-14(20-13)21(18,19)17-9-12-8-16-7-6-11(12)2/h4-8,15,17H,3,9-10H2,1-2H3. The number of hydrogen-bond donors (Lipinski definition) is 2. The maximum Gasteiger partial charge on any atom is 0.274 e. The molecule has 0 saturated heterocycles. The molecule has 0 bridgehead atoms. The third kappa shape index (κ3) is 4.13.